The van der Waals surface area contributed by atoms with Crippen LogP contribution in [0.1, 0.15) is 112 Å². The average molecular weight is 1240 g/mol. The number of ether oxygens (including phenoxy) is 4. The van der Waals surface area contributed by atoms with E-state index in [1.165, 1.54) is 36.8 Å². The maximum absolute atomic E-state index is 13.9. The number of benzene rings is 6. The first kappa shape index (κ1) is 65.7. The Labute approximate surface area is 517 Å². The maximum atomic E-state index is 13.9. The standard InChI is InChI=1S/C70H80F2N4O10S2/c1-51-55(47-67(75(51)59-27-23-57(71)24-28-59)53-19-39-65(40-20-53)87(3,79)80)49-85-63-35-31-61(32-36-63)83-45-15-13-43-73-69(77)17-11-9-7-5-6-8-10-12-18-70(78)74-44-14-16-46-84-62-33-37-64(38-34-62)86-50-56-48-68(54-21-41-66(42-22-54)88(4,81)82)76(52(56)2)60-29-25-58(72)26-30-60/h19-42,47-48H,5-18,43-46,49-50H2,1-4H3,(H,73,77)(H,74,78). The number of sulfone groups is 2. The lowest BCUT2D eigenvalue weighted by molar-refractivity contribution is -0.122. The summed E-state index contributed by atoms with van der Waals surface area (Å²) in [5.41, 5.74) is 8.46. The molecule has 2 heterocycles. The van der Waals surface area contributed by atoms with Crippen molar-refractivity contribution in [3.8, 4) is 56.9 Å². The zero-order valence-corrected chi connectivity index (χ0v) is 52.3. The number of carbonyl (C=O) groups excluding carboxylic acids is 2. The van der Waals surface area contributed by atoms with Crippen LogP contribution in [0.3, 0.4) is 0 Å². The predicted molar refractivity (Wildman–Crippen MR) is 341 cm³/mol. The Morgan fingerprint density at radius 2 is 0.727 bits per heavy atom. The minimum Gasteiger partial charge on any atom is -0.494 e. The highest BCUT2D eigenvalue weighted by Crippen LogP contribution is 2.34. The fourth-order valence-electron chi connectivity index (χ4n) is 10.3. The van der Waals surface area contributed by atoms with Gasteiger partial charge in [-0.15, -0.1) is 0 Å². The Balaban J connectivity index is 0.607. The van der Waals surface area contributed by atoms with E-state index in [4.69, 9.17) is 18.9 Å². The summed E-state index contributed by atoms with van der Waals surface area (Å²) in [6.07, 6.45) is 14.9. The van der Waals surface area contributed by atoms with Gasteiger partial charge in [-0.2, -0.15) is 0 Å². The normalized spacial score (nSPS) is 11.6. The Morgan fingerprint density at radius 3 is 1.06 bits per heavy atom. The zero-order valence-electron chi connectivity index (χ0n) is 50.7. The van der Waals surface area contributed by atoms with E-state index < -0.39 is 19.7 Å². The minimum atomic E-state index is -3.36. The number of nitrogens with one attached hydrogen (secondary N) is 2. The van der Waals surface area contributed by atoms with Crippen LogP contribution in [-0.4, -0.2) is 76.6 Å². The Morgan fingerprint density at radius 1 is 0.409 bits per heavy atom. The molecule has 2 N–H and O–H groups in total. The number of hydrogen-bond acceptors (Lipinski definition) is 10. The van der Waals surface area contributed by atoms with Crippen molar-refractivity contribution in [3.05, 3.63) is 192 Å². The number of amides is 2. The van der Waals surface area contributed by atoms with Crippen LogP contribution in [0.5, 0.6) is 23.0 Å². The smallest absolute Gasteiger partial charge is 0.219 e. The molecule has 18 heteroatoms. The van der Waals surface area contributed by atoms with Gasteiger partial charge in [0.05, 0.1) is 34.4 Å². The monoisotopic (exact) mass is 1240 g/mol. The number of aromatic nitrogens is 2. The molecule has 0 unspecified atom stereocenters. The van der Waals surface area contributed by atoms with E-state index in [0.717, 1.165) is 145 Å². The minimum absolute atomic E-state index is 0.0812. The molecule has 0 aliphatic heterocycles. The fourth-order valence-corrected chi connectivity index (χ4v) is 11.6. The zero-order chi connectivity index (χ0) is 62.5. The fraction of sp³-hybridized carbons (Fsp3) is 0.343. The van der Waals surface area contributed by atoms with Crippen LogP contribution in [0.25, 0.3) is 33.9 Å². The van der Waals surface area contributed by atoms with Crippen LogP contribution in [-0.2, 0) is 42.5 Å². The molecule has 0 atom stereocenters. The molecule has 0 aliphatic carbocycles. The number of unbranched alkanes of at least 4 members (excludes halogenated alkanes) is 9. The molecular formula is C70H80F2N4O10S2. The molecule has 8 aromatic rings. The highest BCUT2D eigenvalue weighted by Gasteiger charge is 2.20. The molecule has 0 bridgehead atoms. The lowest BCUT2D eigenvalue weighted by atomic mass is 10.1. The molecule has 0 radical (unpaired) electrons. The summed E-state index contributed by atoms with van der Waals surface area (Å²) in [7, 11) is -6.71. The second-order valence-corrected chi connectivity index (χ2v) is 26.2. The van der Waals surface area contributed by atoms with Crippen molar-refractivity contribution in [2.75, 3.05) is 38.8 Å². The summed E-state index contributed by atoms with van der Waals surface area (Å²) >= 11 is 0. The topological polar surface area (TPSA) is 173 Å². The molecule has 0 saturated heterocycles. The molecule has 0 aliphatic rings. The van der Waals surface area contributed by atoms with Crippen LogP contribution in [0.4, 0.5) is 8.78 Å². The highest BCUT2D eigenvalue weighted by molar-refractivity contribution is 7.91. The Bertz CT molecular complexity index is 3510. The molecule has 2 aromatic heterocycles. The van der Waals surface area contributed by atoms with Crippen molar-refractivity contribution in [3.63, 3.8) is 0 Å². The van der Waals surface area contributed by atoms with Gasteiger partial charge in [-0.05, 0) is 197 Å². The van der Waals surface area contributed by atoms with E-state index in [9.17, 15) is 35.2 Å². The van der Waals surface area contributed by atoms with Crippen molar-refractivity contribution < 1.29 is 54.2 Å². The van der Waals surface area contributed by atoms with Crippen molar-refractivity contribution in [1.29, 1.82) is 0 Å². The number of hydrogen-bond donors (Lipinski definition) is 2. The van der Waals surface area contributed by atoms with Gasteiger partial charge in [-0.1, -0.05) is 62.8 Å². The molecule has 0 spiro atoms. The SMILES string of the molecule is Cc1c(COc2ccc(OCCCCNC(=O)CCCCCCCCCCC(=O)NCCCCOc3ccc(OCc4cc(-c5ccc(S(C)(=O)=O)cc5)n(-c5ccc(F)cc5)c4C)cc3)cc2)cc(-c2ccc(S(C)(=O)=O)cc2)n1-c1ccc(F)cc1. The molecular weight excluding hydrogens is 1160 g/mol. The lowest BCUT2D eigenvalue weighted by Crippen LogP contribution is -2.24. The van der Waals surface area contributed by atoms with E-state index >= 15 is 0 Å². The molecule has 0 fully saturated rings. The van der Waals surface area contributed by atoms with Crippen LogP contribution < -0.4 is 29.6 Å². The molecule has 6 aromatic carbocycles. The summed E-state index contributed by atoms with van der Waals surface area (Å²) in [5, 5.41) is 6.06. The first-order chi connectivity index (χ1) is 42.4. The summed E-state index contributed by atoms with van der Waals surface area (Å²) in [4.78, 5) is 25.3. The summed E-state index contributed by atoms with van der Waals surface area (Å²) in [6, 6.07) is 44.8. The van der Waals surface area contributed by atoms with Gasteiger partial charge in [0.15, 0.2) is 19.7 Å². The summed E-state index contributed by atoms with van der Waals surface area (Å²) in [5.74, 6) is 2.26. The van der Waals surface area contributed by atoms with Gasteiger partial charge in [-0.25, -0.2) is 25.6 Å². The molecule has 466 valence electrons. The van der Waals surface area contributed by atoms with Gasteiger partial charge in [0.1, 0.15) is 47.8 Å². The van der Waals surface area contributed by atoms with E-state index in [0.29, 0.717) is 50.6 Å². The number of carbonyl (C=O) groups is 2. The van der Waals surface area contributed by atoms with Crippen molar-refractivity contribution >= 4 is 31.5 Å². The van der Waals surface area contributed by atoms with Gasteiger partial charge in [0, 0.05) is 72.3 Å². The quantitative estimate of drug-likeness (QED) is 0.0364. The van der Waals surface area contributed by atoms with E-state index in [1.807, 2.05) is 83.6 Å². The first-order valence-electron chi connectivity index (χ1n) is 30.2. The predicted octanol–water partition coefficient (Wildman–Crippen LogP) is 14.6. The van der Waals surface area contributed by atoms with Gasteiger partial charge in [0.2, 0.25) is 11.8 Å². The molecule has 8 rings (SSSR count). The second-order valence-electron chi connectivity index (χ2n) is 22.2. The van der Waals surface area contributed by atoms with Crippen LogP contribution in [0.2, 0.25) is 0 Å². The summed E-state index contributed by atoms with van der Waals surface area (Å²) < 4.78 is 104. The Hall–Kier alpha value is -8.22. The summed E-state index contributed by atoms with van der Waals surface area (Å²) in [6.45, 7) is 6.75. The molecule has 2 amide bonds. The van der Waals surface area contributed by atoms with E-state index in [1.54, 1.807) is 72.8 Å². The number of nitrogens with zero attached hydrogens (tertiary/aromatic N) is 2. The van der Waals surface area contributed by atoms with Crippen molar-refractivity contribution in [1.82, 2.24) is 19.8 Å². The third kappa shape index (κ3) is 19.6. The highest BCUT2D eigenvalue weighted by atomic mass is 32.2. The molecule has 0 saturated carbocycles. The van der Waals surface area contributed by atoms with Crippen LogP contribution >= 0.6 is 0 Å². The van der Waals surface area contributed by atoms with Gasteiger partial charge < -0.3 is 38.7 Å². The van der Waals surface area contributed by atoms with E-state index in [2.05, 4.69) is 10.6 Å². The first-order valence-corrected chi connectivity index (χ1v) is 34.0. The molecule has 88 heavy (non-hydrogen) atoms. The number of halogens is 2. The van der Waals surface area contributed by atoms with Gasteiger partial charge >= 0.3 is 0 Å². The second kappa shape index (κ2) is 32.1. The third-order valence-electron chi connectivity index (χ3n) is 15.3. The largest absolute Gasteiger partial charge is 0.494 e. The third-order valence-corrected chi connectivity index (χ3v) is 17.6. The van der Waals surface area contributed by atoms with Crippen molar-refractivity contribution in [2.45, 2.75) is 127 Å². The van der Waals surface area contributed by atoms with Crippen LogP contribution in [0.15, 0.2) is 168 Å². The lowest BCUT2D eigenvalue weighted by Gasteiger charge is -2.13. The van der Waals surface area contributed by atoms with Crippen LogP contribution in [0, 0.1) is 25.5 Å². The number of rotatable bonds is 35. The van der Waals surface area contributed by atoms with Gasteiger partial charge in [-0.3, -0.25) is 9.59 Å². The Kier molecular flexibility index (Phi) is 24.0. The van der Waals surface area contributed by atoms with Crippen molar-refractivity contribution in [2.24, 2.45) is 0 Å². The maximum Gasteiger partial charge on any atom is 0.219 e. The van der Waals surface area contributed by atoms with E-state index in [-0.39, 0.29) is 46.5 Å². The average Bonchev–Trinajstić information content (AvgIpc) is 2.08. The van der Waals surface area contributed by atoms with Gasteiger partial charge in [0.25, 0.3) is 0 Å². The molecule has 14 nitrogen and oxygen atoms in total.